The largest absolute Gasteiger partial charge is 0.457 e. The Morgan fingerprint density at radius 1 is 0.696 bits per heavy atom. The molecule has 0 N–H and O–H groups in total. The first kappa shape index (κ1) is 14.8. The SMILES string of the molecule is O=C(/C=C/c1ccc(/C=C/c2ccccc2)o1)c1ccccc1. The maximum absolute atomic E-state index is 12.0. The minimum absolute atomic E-state index is 0.0385. The molecule has 0 bridgehead atoms. The number of ketones is 1. The highest BCUT2D eigenvalue weighted by Crippen LogP contribution is 2.14. The number of hydrogen-bond acceptors (Lipinski definition) is 2. The third-order valence-electron chi connectivity index (χ3n) is 3.34. The third-order valence-corrected chi connectivity index (χ3v) is 3.34. The Hall–Kier alpha value is -3.13. The molecule has 2 nitrogen and oxygen atoms in total. The first-order valence-electron chi connectivity index (χ1n) is 7.42. The molecule has 23 heavy (non-hydrogen) atoms. The lowest BCUT2D eigenvalue weighted by Crippen LogP contribution is -1.92. The predicted molar refractivity (Wildman–Crippen MR) is 93.9 cm³/mol. The molecule has 2 heteroatoms. The molecule has 1 aromatic heterocycles. The zero-order chi connectivity index (χ0) is 15.9. The van der Waals surface area contributed by atoms with Crippen LogP contribution in [-0.2, 0) is 0 Å². The Morgan fingerprint density at radius 3 is 2.00 bits per heavy atom. The van der Waals surface area contributed by atoms with Crippen molar-refractivity contribution in [2.75, 3.05) is 0 Å². The van der Waals surface area contributed by atoms with Crippen LogP contribution in [0.1, 0.15) is 27.4 Å². The average molecular weight is 300 g/mol. The van der Waals surface area contributed by atoms with Crippen LogP contribution in [0, 0.1) is 0 Å². The zero-order valence-electron chi connectivity index (χ0n) is 12.6. The standard InChI is InChI=1S/C21H16O2/c22-21(18-9-5-2-6-10-18)16-15-20-14-13-19(23-20)12-11-17-7-3-1-4-8-17/h1-16H/b12-11+,16-15+. The minimum Gasteiger partial charge on any atom is -0.457 e. The van der Waals surface area contributed by atoms with Gasteiger partial charge in [0.2, 0.25) is 0 Å². The van der Waals surface area contributed by atoms with Crippen LogP contribution in [-0.4, -0.2) is 5.78 Å². The summed E-state index contributed by atoms with van der Waals surface area (Å²) in [6.07, 6.45) is 7.11. The Labute approximate surface area is 135 Å². The maximum Gasteiger partial charge on any atom is 0.185 e. The van der Waals surface area contributed by atoms with Gasteiger partial charge in [-0.15, -0.1) is 0 Å². The second-order valence-electron chi connectivity index (χ2n) is 5.05. The van der Waals surface area contributed by atoms with Crippen molar-refractivity contribution in [3.63, 3.8) is 0 Å². The van der Waals surface area contributed by atoms with Crippen LogP contribution in [0.2, 0.25) is 0 Å². The minimum atomic E-state index is -0.0385. The third kappa shape index (κ3) is 4.17. The van der Waals surface area contributed by atoms with Gasteiger partial charge in [0.25, 0.3) is 0 Å². The summed E-state index contributed by atoms with van der Waals surface area (Å²) in [4.78, 5) is 12.0. The summed E-state index contributed by atoms with van der Waals surface area (Å²) in [7, 11) is 0. The molecule has 0 radical (unpaired) electrons. The molecule has 0 fully saturated rings. The van der Waals surface area contributed by atoms with Gasteiger partial charge >= 0.3 is 0 Å². The van der Waals surface area contributed by atoms with E-state index in [0.29, 0.717) is 11.3 Å². The fourth-order valence-electron chi connectivity index (χ4n) is 2.15. The number of hydrogen-bond donors (Lipinski definition) is 0. The van der Waals surface area contributed by atoms with Gasteiger partial charge in [0.1, 0.15) is 11.5 Å². The molecule has 2 aromatic carbocycles. The molecular formula is C21H16O2. The quantitative estimate of drug-likeness (QED) is 0.470. The molecule has 0 aliphatic heterocycles. The van der Waals surface area contributed by atoms with E-state index in [9.17, 15) is 4.79 Å². The molecule has 0 atom stereocenters. The highest BCUT2D eigenvalue weighted by Gasteiger charge is 2.01. The molecule has 3 aromatic rings. The number of carbonyl (C=O) groups is 1. The molecule has 112 valence electrons. The van der Waals surface area contributed by atoms with Gasteiger partial charge in [-0.3, -0.25) is 4.79 Å². The summed E-state index contributed by atoms with van der Waals surface area (Å²) in [6, 6.07) is 22.9. The van der Waals surface area contributed by atoms with Crippen LogP contribution in [0.15, 0.2) is 83.3 Å². The molecule has 0 aliphatic carbocycles. The lowest BCUT2D eigenvalue weighted by Gasteiger charge is -1.93. The Morgan fingerprint density at radius 2 is 1.30 bits per heavy atom. The molecule has 1 heterocycles. The monoisotopic (exact) mass is 300 g/mol. The molecule has 3 rings (SSSR count). The fraction of sp³-hybridized carbons (Fsp3) is 0. The van der Waals surface area contributed by atoms with E-state index in [2.05, 4.69) is 0 Å². The number of benzene rings is 2. The van der Waals surface area contributed by atoms with Crippen molar-refractivity contribution < 1.29 is 9.21 Å². The van der Waals surface area contributed by atoms with E-state index in [1.165, 1.54) is 6.08 Å². The smallest absolute Gasteiger partial charge is 0.185 e. The predicted octanol–water partition coefficient (Wildman–Crippen LogP) is 5.35. The number of carbonyl (C=O) groups excluding carboxylic acids is 1. The van der Waals surface area contributed by atoms with Crippen LogP contribution in [0.3, 0.4) is 0 Å². The van der Waals surface area contributed by atoms with Crippen molar-refractivity contribution >= 4 is 24.0 Å². The van der Waals surface area contributed by atoms with Gasteiger partial charge in [-0.05, 0) is 35.9 Å². The second-order valence-corrected chi connectivity index (χ2v) is 5.05. The Kier molecular flexibility index (Phi) is 4.65. The molecule has 0 saturated heterocycles. The van der Waals surface area contributed by atoms with Crippen molar-refractivity contribution in [3.8, 4) is 0 Å². The molecule has 0 spiro atoms. The van der Waals surface area contributed by atoms with Gasteiger partial charge in [0, 0.05) is 5.56 Å². The van der Waals surface area contributed by atoms with Crippen LogP contribution in [0.4, 0.5) is 0 Å². The van der Waals surface area contributed by atoms with Crippen molar-refractivity contribution in [1.82, 2.24) is 0 Å². The lowest BCUT2D eigenvalue weighted by atomic mass is 10.1. The van der Waals surface area contributed by atoms with Crippen LogP contribution in [0.25, 0.3) is 18.2 Å². The Bertz CT molecular complexity index is 825. The summed E-state index contributed by atoms with van der Waals surface area (Å²) in [5, 5.41) is 0. The number of allylic oxidation sites excluding steroid dienone is 1. The number of rotatable bonds is 5. The molecule has 0 saturated carbocycles. The topological polar surface area (TPSA) is 30.2 Å². The lowest BCUT2D eigenvalue weighted by molar-refractivity contribution is 0.104. The Balaban J connectivity index is 1.67. The average Bonchev–Trinajstić information content (AvgIpc) is 3.07. The molecule has 0 amide bonds. The van der Waals surface area contributed by atoms with Gasteiger partial charge < -0.3 is 4.42 Å². The van der Waals surface area contributed by atoms with E-state index < -0.39 is 0 Å². The van der Waals surface area contributed by atoms with Crippen LogP contribution >= 0.6 is 0 Å². The zero-order valence-corrected chi connectivity index (χ0v) is 12.6. The fourth-order valence-corrected chi connectivity index (χ4v) is 2.15. The van der Waals surface area contributed by atoms with Gasteiger partial charge in [-0.2, -0.15) is 0 Å². The highest BCUT2D eigenvalue weighted by atomic mass is 16.3. The first-order chi connectivity index (χ1) is 11.3. The summed E-state index contributed by atoms with van der Waals surface area (Å²) >= 11 is 0. The second kappa shape index (κ2) is 7.23. The maximum atomic E-state index is 12.0. The van der Waals surface area contributed by atoms with E-state index in [1.807, 2.05) is 72.8 Å². The van der Waals surface area contributed by atoms with E-state index in [-0.39, 0.29) is 5.78 Å². The van der Waals surface area contributed by atoms with Crippen LogP contribution < -0.4 is 0 Å². The number of furan rings is 1. The van der Waals surface area contributed by atoms with Gasteiger partial charge in [-0.1, -0.05) is 66.7 Å². The van der Waals surface area contributed by atoms with Gasteiger partial charge in [0.15, 0.2) is 5.78 Å². The van der Waals surface area contributed by atoms with Crippen molar-refractivity contribution in [2.24, 2.45) is 0 Å². The van der Waals surface area contributed by atoms with Crippen molar-refractivity contribution in [2.45, 2.75) is 0 Å². The van der Waals surface area contributed by atoms with E-state index >= 15 is 0 Å². The normalized spacial score (nSPS) is 11.3. The summed E-state index contributed by atoms with van der Waals surface area (Å²) in [6.45, 7) is 0. The van der Waals surface area contributed by atoms with E-state index in [4.69, 9.17) is 4.42 Å². The first-order valence-corrected chi connectivity index (χ1v) is 7.42. The summed E-state index contributed by atoms with van der Waals surface area (Å²) in [5.41, 5.74) is 1.78. The molecule has 0 unspecified atom stereocenters. The molecular weight excluding hydrogens is 284 g/mol. The highest BCUT2D eigenvalue weighted by molar-refractivity contribution is 6.06. The summed E-state index contributed by atoms with van der Waals surface area (Å²) < 4.78 is 5.67. The van der Waals surface area contributed by atoms with Crippen molar-refractivity contribution in [3.05, 3.63) is 102 Å². The van der Waals surface area contributed by atoms with Crippen molar-refractivity contribution in [1.29, 1.82) is 0 Å². The molecule has 0 aliphatic rings. The summed E-state index contributed by atoms with van der Waals surface area (Å²) in [5.74, 6) is 1.37. The van der Waals surface area contributed by atoms with Gasteiger partial charge in [0.05, 0.1) is 0 Å². The van der Waals surface area contributed by atoms with E-state index in [1.54, 1.807) is 18.2 Å². The van der Waals surface area contributed by atoms with Crippen LogP contribution in [0.5, 0.6) is 0 Å². The van der Waals surface area contributed by atoms with E-state index in [0.717, 1.165) is 11.3 Å². The van der Waals surface area contributed by atoms with Gasteiger partial charge in [-0.25, -0.2) is 0 Å².